The number of hydrogen-bond acceptors (Lipinski definition) is 1. The van der Waals surface area contributed by atoms with Crippen LogP contribution in [0.1, 0.15) is 31.4 Å². The van der Waals surface area contributed by atoms with Crippen molar-refractivity contribution in [2.45, 2.75) is 42.4 Å². The van der Waals surface area contributed by atoms with Gasteiger partial charge in [0, 0.05) is 10.0 Å². The maximum absolute atomic E-state index is 15.0. The molecule has 1 unspecified atom stereocenters. The minimum Gasteiger partial charge on any atom is -0.188 e. The quantitative estimate of drug-likeness (QED) is 0.275. The summed E-state index contributed by atoms with van der Waals surface area (Å²) in [7, 11) is 0. The Kier molecular flexibility index (Phi) is 6.97. The fourth-order valence-corrected chi connectivity index (χ4v) is 6.08. The van der Waals surface area contributed by atoms with Gasteiger partial charge in [0.15, 0.2) is 0 Å². The van der Waals surface area contributed by atoms with Gasteiger partial charge < -0.3 is 0 Å². The van der Waals surface area contributed by atoms with Crippen molar-refractivity contribution in [1.82, 2.24) is 0 Å². The first-order valence-electron chi connectivity index (χ1n) is 9.55. The molecule has 0 fully saturated rings. The minimum absolute atomic E-state index is 0.0531. The fourth-order valence-electron chi connectivity index (χ4n) is 3.93. The molecular weight excluding hydrogens is 512 g/mol. The maximum Gasteiger partial charge on any atom is 0.460 e. The van der Waals surface area contributed by atoms with Gasteiger partial charge in [-0.3, -0.25) is 0 Å². The number of allylic oxidation sites excluding steroid dienone is 2. The van der Waals surface area contributed by atoms with Gasteiger partial charge in [0.2, 0.25) is 0 Å². The highest BCUT2D eigenvalue weighted by Crippen LogP contribution is 2.64. The Morgan fingerprint density at radius 1 is 0.818 bits per heavy atom. The summed E-state index contributed by atoms with van der Waals surface area (Å²) < 4.78 is 94.9. The van der Waals surface area contributed by atoms with E-state index in [0.29, 0.717) is 11.1 Å². The zero-order valence-electron chi connectivity index (χ0n) is 17.2. The van der Waals surface area contributed by atoms with Crippen molar-refractivity contribution in [2.75, 3.05) is 0 Å². The highest BCUT2D eigenvalue weighted by atomic mass is 35.5. The van der Waals surface area contributed by atoms with Gasteiger partial charge in [-0.05, 0) is 49.1 Å². The van der Waals surface area contributed by atoms with Crippen LogP contribution in [-0.4, -0.2) is 17.4 Å². The van der Waals surface area contributed by atoms with Gasteiger partial charge in [0.05, 0.1) is 4.75 Å². The molecule has 1 atom stereocenters. The molecule has 3 rings (SSSR count). The molecule has 0 N–H and O–H groups in total. The summed E-state index contributed by atoms with van der Waals surface area (Å²) in [5.74, 6) is -6.31. The van der Waals surface area contributed by atoms with E-state index in [1.54, 1.807) is 26.0 Å². The first-order valence-corrected chi connectivity index (χ1v) is 11.1. The van der Waals surface area contributed by atoms with Crippen LogP contribution in [0.15, 0.2) is 65.8 Å². The topological polar surface area (TPSA) is 0 Å². The third kappa shape index (κ3) is 4.54. The standard InChI is InChI=1S/C23H17Cl2F7S/c1-13-11-14(2)19(15-7-3-5-9-17(15)24)20(12-13,16-8-4-6-10-18(16)25)33-23(31,32)21(26,27)22(28,29)30/h3-10,12H,11H2,1-2H3. The number of halogens is 9. The Morgan fingerprint density at radius 3 is 1.91 bits per heavy atom. The van der Waals surface area contributed by atoms with Gasteiger partial charge in [-0.2, -0.15) is 30.7 Å². The summed E-state index contributed by atoms with van der Waals surface area (Å²) in [6.45, 7) is 3.18. The van der Waals surface area contributed by atoms with Gasteiger partial charge >= 0.3 is 17.4 Å². The summed E-state index contributed by atoms with van der Waals surface area (Å²) in [5, 5.41) is -5.49. The van der Waals surface area contributed by atoms with Crippen molar-refractivity contribution in [3.05, 3.63) is 86.9 Å². The molecule has 0 spiro atoms. The molecule has 0 saturated heterocycles. The predicted molar refractivity (Wildman–Crippen MR) is 119 cm³/mol. The average Bonchev–Trinajstić information content (AvgIpc) is 2.67. The van der Waals surface area contributed by atoms with Crippen LogP contribution in [0.2, 0.25) is 10.0 Å². The lowest BCUT2D eigenvalue weighted by atomic mass is 9.77. The molecule has 178 valence electrons. The third-order valence-corrected chi connectivity index (χ3v) is 7.26. The van der Waals surface area contributed by atoms with Crippen LogP contribution in [0.4, 0.5) is 30.7 Å². The zero-order valence-corrected chi connectivity index (χ0v) is 19.5. The van der Waals surface area contributed by atoms with Crippen LogP contribution in [0.3, 0.4) is 0 Å². The predicted octanol–water partition coefficient (Wildman–Crippen LogP) is 9.54. The van der Waals surface area contributed by atoms with Gasteiger partial charge in [0.1, 0.15) is 0 Å². The molecule has 1 aliphatic carbocycles. The molecule has 0 heterocycles. The molecule has 2 aromatic rings. The van der Waals surface area contributed by atoms with Crippen molar-refractivity contribution in [1.29, 1.82) is 0 Å². The molecule has 33 heavy (non-hydrogen) atoms. The largest absolute Gasteiger partial charge is 0.460 e. The number of rotatable bonds is 5. The number of alkyl halides is 7. The summed E-state index contributed by atoms with van der Waals surface area (Å²) in [4.78, 5) is 0. The average molecular weight is 529 g/mol. The number of hydrogen-bond donors (Lipinski definition) is 0. The Labute approximate surface area is 200 Å². The van der Waals surface area contributed by atoms with E-state index >= 15 is 0 Å². The van der Waals surface area contributed by atoms with E-state index < -0.39 is 33.9 Å². The molecule has 0 aromatic heterocycles. The van der Waals surface area contributed by atoms with E-state index in [9.17, 15) is 30.7 Å². The van der Waals surface area contributed by atoms with Crippen molar-refractivity contribution in [3.63, 3.8) is 0 Å². The molecule has 0 saturated carbocycles. The summed E-state index contributed by atoms with van der Waals surface area (Å²) in [6, 6.07) is 11.8. The Hall–Kier alpha value is -1.64. The first-order chi connectivity index (χ1) is 15.1. The van der Waals surface area contributed by atoms with Crippen LogP contribution in [0.5, 0.6) is 0 Å². The highest BCUT2D eigenvalue weighted by Gasteiger charge is 2.75. The Balaban J connectivity index is 2.40. The van der Waals surface area contributed by atoms with Gasteiger partial charge in [-0.25, -0.2) is 0 Å². The highest BCUT2D eigenvalue weighted by molar-refractivity contribution is 8.02. The van der Waals surface area contributed by atoms with Crippen LogP contribution in [-0.2, 0) is 4.75 Å². The van der Waals surface area contributed by atoms with Crippen molar-refractivity contribution < 1.29 is 30.7 Å². The normalized spacial score (nSPS) is 20.2. The van der Waals surface area contributed by atoms with Gasteiger partial charge in [-0.15, -0.1) is 0 Å². The van der Waals surface area contributed by atoms with Crippen molar-refractivity contribution in [2.24, 2.45) is 0 Å². The number of benzene rings is 2. The third-order valence-electron chi connectivity index (χ3n) is 5.22. The monoisotopic (exact) mass is 528 g/mol. The van der Waals surface area contributed by atoms with Crippen LogP contribution in [0.25, 0.3) is 5.57 Å². The van der Waals surface area contributed by atoms with E-state index in [1.165, 1.54) is 42.5 Å². The molecule has 10 heteroatoms. The van der Waals surface area contributed by atoms with Crippen molar-refractivity contribution in [3.8, 4) is 0 Å². The smallest absolute Gasteiger partial charge is 0.188 e. The fraction of sp³-hybridized carbons (Fsp3) is 0.304. The lowest BCUT2D eigenvalue weighted by molar-refractivity contribution is -0.330. The van der Waals surface area contributed by atoms with Crippen LogP contribution < -0.4 is 0 Å². The van der Waals surface area contributed by atoms with Crippen molar-refractivity contribution >= 4 is 40.5 Å². The Morgan fingerprint density at radius 2 is 1.36 bits per heavy atom. The summed E-state index contributed by atoms with van der Waals surface area (Å²) >= 11 is 11.9. The molecule has 2 aromatic carbocycles. The van der Waals surface area contributed by atoms with E-state index in [-0.39, 0.29) is 33.2 Å². The molecule has 1 aliphatic rings. The molecular formula is C23H17Cl2F7S. The Bertz CT molecular complexity index is 1120. The second-order valence-corrected chi connectivity index (χ2v) is 9.88. The second-order valence-electron chi connectivity index (χ2n) is 7.71. The first kappa shape index (κ1) is 26.0. The van der Waals surface area contributed by atoms with E-state index in [1.807, 2.05) is 0 Å². The lowest BCUT2D eigenvalue weighted by Gasteiger charge is -2.42. The zero-order chi connectivity index (χ0) is 24.8. The van der Waals surface area contributed by atoms with Crippen LogP contribution in [0, 0.1) is 0 Å². The van der Waals surface area contributed by atoms with E-state index in [4.69, 9.17) is 23.2 Å². The van der Waals surface area contributed by atoms with Crippen LogP contribution >= 0.6 is 35.0 Å². The summed E-state index contributed by atoms with van der Waals surface area (Å²) in [6.07, 6.45) is -4.92. The SMILES string of the molecule is CC1=CC(SC(F)(F)C(F)(F)C(F)(F)F)(c2ccccc2Cl)C(c2ccccc2Cl)=C(C)C1. The number of thioether (sulfide) groups is 1. The van der Waals surface area contributed by atoms with Gasteiger partial charge in [-0.1, -0.05) is 88.6 Å². The summed E-state index contributed by atoms with van der Waals surface area (Å²) in [5.41, 5.74) is 1.26. The van der Waals surface area contributed by atoms with E-state index in [0.717, 1.165) is 0 Å². The molecule has 0 radical (unpaired) electrons. The lowest BCUT2D eigenvalue weighted by Crippen LogP contribution is -2.52. The van der Waals surface area contributed by atoms with E-state index in [2.05, 4.69) is 0 Å². The molecule has 0 amide bonds. The van der Waals surface area contributed by atoms with Gasteiger partial charge in [0.25, 0.3) is 0 Å². The maximum atomic E-state index is 15.0. The molecule has 0 nitrogen and oxygen atoms in total. The molecule has 0 aliphatic heterocycles. The second kappa shape index (κ2) is 8.86. The minimum atomic E-state index is -6.47. The molecule has 0 bridgehead atoms.